The van der Waals surface area contributed by atoms with Crippen molar-refractivity contribution < 1.29 is 0 Å². The molecule has 0 saturated heterocycles. The first-order valence-corrected chi connectivity index (χ1v) is 7.49. The Balaban J connectivity index is 2.66. The predicted molar refractivity (Wildman–Crippen MR) is 84.0 cm³/mol. The number of rotatable bonds is 8. The highest BCUT2D eigenvalue weighted by Gasteiger charge is 2.08. The lowest BCUT2D eigenvalue weighted by atomic mass is 10.1. The smallest absolute Gasteiger partial charge is 0.128 e. The maximum atomic E-state index is 6.19. The largest absolute Gasteiger partial charge is 0.360 e. The van der Waals surface area contributed by atoms with E-state index in [-0.39, 0.29) is 0 Å². The van der Waals surface area contributed by atoms with Crippen LogP contribution in [0.2, 0.25) is 5.02 Å². The van der Waals surface area contributed by atoms with E-state index in [4.69, 9.17) is 11.6 Å². The highest BCUT2D eigenvalue weighted by molar-refractivity contribution is 6.31. The summed E-state index contributed by atoms with van der Waals surface area (Å²) < 4.78 is 0. The lowest BCUT2D eigenvalue weighted by Gasteiger charge is -2.20. The van der Waals surface area contributed by atoms with Gasteiger partial charge in [-0.2, -0.15) is 0 Å². The average Bonchev–Trinajstić information content (AvgIpc) is 2.38. The Morgan fingerprint density at radius 1 is 1.37 bits per heavy atom. The minimum atomic E-state index is 0.709. The Morgan fingerprint density at radius 3 is 2.74 bits per heavy atom. The Morgan fingerprint density at radius 2 is 2.11 bits per heavy atom. The van der Waals surface area contributed by atoms with Crippen LogP contribution in [-0.4, -0.2) is 25.1 Å². The van der Waals surface area contributed by atoms with Crippen molar-refractivity contribution in [2.24, 2.45) is 5.92 Å². The lowest BCUT2D eigenvalue weighted by Crippen LogP contribution is -2.22. The van der Waals surface area contributed by atoms with Crippen LogP contribution in [-0.2, 0) is 6.54 Å². The van der Waals surface area contributed by atoms with Crippen molar-refractivity contribution in [2.75, 3.05) is 25.0 Å². The van der Waals surface area contributed by atoms with E-state index in [1.54, 1.807) is 0 Å². The van der Waals surface area contributed by atoms with Crippen LogP contribution in [0.25, 0.3) is 0 Å². The molecule has 0 amide bonds. The minimum Gasteiger partial charge on any atom is -0.360 e. The zero-order valence-electron chi connectivity index (χ0n) is 12.5. The van der Waals surface area contributed by atoms with Gasteiger partial charge in [-0.05, 0) is 37.4 Å². The van der Waals surface area contributed by atoms with Crippen molar-refractivity contribution in [1.82, 2.24) is 10.3 Å². The molecule has 19 heavy (non-hydrogen) atoms. The van der Waals surface area contributed by atoms with E-state index in [2.05, 4.69) is 43.0 Å². The van der Waals surface area contributed by atoms with Crippen molar-refractivity contribution in [3.8, 4) is 0 Å². The molecule has 1 aromatic heterocycles. The molecule has 0 atom stereocenters. The summed E-state index contributed by atoms with van der Waals surface area (Å²) in [6.45, 7) is 9.38. The zero-order valence-corrected chi connectivity index (χ0v) is 13.3. The summed E-state index contributed by atoms with van der Waals surface area (Å²) in [6.07, 6.45) is 2.29. The minimum absolute atomic E-state index is 0.709. The van der Waals surface area contributed by atoms with Crippen LogP contribution in [0, 0.1) is 5.92 Å². The Hall–Kier alpha value is -0.800. The second-order valence-electron chi connectivity index (χ2n) is 5.38. The third kappa shape index (κ3) is 5.79. The maximum absolute atomic E-state index is 6.19. The number of anilines is 1. The van der Waals surface area contributed by atoms with Gasteiger partial charge in [0, 0.05) is 20.1 Å². The fourth-order valence-electron chi connectivity index (χ4n) is 1.76. The number of aromatic nitrogens is 1. The van der Waals surface area contributed by atoms with Crippen LogP contribution >= 0.6 is 11.6 Å². The maximum Gasteiger partial charge on any atom is 0.128 e. The first kappa shape index (κ1) is 16.3. The predicted octanol–water partition coefficient (Wildman–Crippen LogP) is 3.72. The molecule has 0 aromatic carbocycles. The molecular weight excluding hydrogens is 258 g/mol. The summed E-state index contributed by atoms with van der Waals surface area (Å²) in [7, 11) is 2.09. The number of halogens is 1. The van der Waals surface area contributed by atoms with Crippen LogP contribution in [0.4, 0.5) is 5.82 Å². The van der Waals surface area contributed by atoms with E-state index in [0.29, 0.717) is 5.92 Å². The summed E-state index contributed by atoms with van der Waals surface area (Å²) in [5.74, 6) is 1.71. The number of nitrogens with one attached hydrogen (secondary N) is 1. The molecule has 0 radical (unpaired) electrons. The Bertz CT molecular complexity index is 380. The van der Waals surface area contributed by atoms with Gasteiger partial charge in [0.2, 0.25) is 0 Å². The standard InChI is InChI=1S/C15H26ClN3/c1-5-9-17-11-14-13(16)6-7-15(18-14)19(4)10-8-12(2)3/h6-7,12,17H,5,8-11H2,1-4H3. The van der Waals surface area contributed by atoms with Gasteiger partial charge >= 0.3 is 0 Å². The number of pyridine rings is 1. The molecule has 1 rings (SSSR count). The molecule has 0 unspecified atom stereocenters. The van der Waals surface area contributed by atoms with Crippen LogP contribution in [0.15, 0.2) is 12.1 Å². The van der Waals surface area contributed by atoms with Gasteiger partial charge in [-0.1, -0.05) is 32.4 Å². The van der Waals surface area contributed by atoms with E-state index in [0.717, 1.165) is 42.6 Å². The van der Waals surface area contributed by atoms with Crippen molar-refractivity contribution in [3.05, 3.63) is 22.8 Å². The quantitative estimate of drug-likeness (QED) is 0.737. The van der Waals surface area contributed by atoms with Gasteiger partial charge in [-0.15, -0.1) is 0 Å². The van der Waals surface area contributed by atoms with Gasteiger partial charge in [0.1, 0.15) is 5.82 Å². The normalized spacial score (nSPS) is 11.1. The third-order valence-electron chi connectivity index (χ3n) is 3.06. The number of hydrogen-bond acceptors (Lipinski definition) is 3. The molecule has 1 aromatic rings. The van der Waals surface area contributed by atoms with Gasteiger partial charge in [-0.3, -0.25) is 0 Å². The monoisotopic (exact) mass is 283 g/mol. The molecular formula is C15H26ClN3. The van der Waals surface area contributed by atoms with Crippen molar-refractivity contribution in [1.29, 1.82) is 0 Å². The highest BCUT2D eigenvalue weighted by atomic mass is 35.5. The summed E-state index contributed by atoms with van der Waals surface area (Å²) in [5, 5.41) is 4.08. The Kier molecular flexibility index (Phi) is 7.17. The fourth-order valence-corrected chi connectivity index (χ4v) is 1.93. The van der Waals surface area contributed by atoms with Crippen LogP contribution in [0.1, 0.15) is 39.3 Å². The molecule has 0 fully saturated rings. The topological polar surface area (TPSA) is 28.2 Å². The van der Waals surface area contributed by atoms with Crippen LogP contribution in [0.3, 0.4) is 0 Å². The lowest BCUT2D eigenvalue weighted by molar-refractivity contribution is 0.583. The van der Waals surface area contributed by atoms with E-state index in [1.165, 1.54) is 6.42 Å². The number of nitrogens with zero attached hydrogens (tertiary/aromatic N) is 2. The molecule has 0 aliphatic rings. The van der Waals surface area contributed by atoms with Crippen LogP contribution < -0.4 is 10.2 Å². The van der Waals surface area contributed by atoms with E-state index < -0.39 is 0 Å². The number of hydrogen-bond donors (Lipinski definition) is 1. The van der Waals surface area contributed by atoms with Gasteiger partial charge in [0.25, 0.3) is 0 Å². The molecule has 0 bridgehead atoms. The third-order valence-corrected chi connectivity index (χ3v) is 3.40. The Labute approximate surface area is 122 Å². The summed E-state index contributed by atoms with van der Waals surface area (Å²) in [6, 6.07) is 3.94. The van der Waals surface area contributed by atoms with Crippen molar-refractivity contribution in [3.63, 3.8) is 0 Å². The molecule has 0 spiro atoms. The molecule has 0 aliphatic heterocycles. The summed E-state index contributed by atoms with van der Waals surface area (Å²) in [4.78, 5) is 6.85. The van der Waals surface area contributed by atoms with E-state index in [9.17, 15) is 0 Å². The highest BCUT2D eigenvalue weighted by Crippen LogP contribution is 2.19. The summed E-state index contributed by atoms with van der Waals surface area (Å²) >= 11 is 6.19. The first-order chi connectivity index (χ1) is 9.04. The fraction of sp³-hybridized carbons (Fsp3) is 0.667. The van der Waals surface area contributed by atoms with E-state index in [1.807, 2.05) is 12.1 Å². The van der Waals surface area contributed by atoms with Gasteiger partial charge in [0.05, 0.1) is 10.7 Å². The molecule has 1 heterocycles. The first-order valence-electron chi connectivity index (χ1n) is 7.11. The van der Waals surface area contributed by atoms with Gasteiger partial charge in [0.15, 0.2) is 0 Å². The second kappa shape index (κ2) is 8.39. The molecule has 108 valence electrons. The summed E-state index contributed by atoms with van der Waals surface area (Å²) in [5.41, 5.74) is 0.934. The zero-order chi connectivity index (χ0) is 14.3. The molecule has 4 heteroatoms. The van der Waals surface area contributed by atoms with Crippen LogP contribution in [0.5, 0.6) is 0 Å². The molecule has 0 saturated carbocycles. The van der Waals surface area contributed by atoms with E-state index >= 15 is 0 Å². The average molecular weight is 284 g/mol. The van der Waals surface area contributed by atoms with Gasteiger partial charge in [-0.25, -0.2) is 4.98 Å². The van der Waals surface area contributed by atoms with Gasteiger partial charge < -0.3 is 10.2 Å². The molecule has 0 aliphatic carbocycles. The SMILES string of the molecule is CCCNCc1nc(N(C)CCC(C)C)ccc1Cl. The molecule has 3 nitrogen and oxygen atoms in total. The molecule has 1 N–H and O–H groups in total. The van der Waals surface area contributed by atoms with Crippen molar-refractivity contribution >= 4 is 17.4 Å². The second-order valence-corrected chi connectivity index (χ2v) is 5.79. The van der Waals surface area contributed by atoms with Crippen molar-refractivity contribution in [2.45, 2.75) is 40.2 Å².